The van der Waals surface area contributed by atoms with Crippen molar-refractivity contribution in [3.05, 3.63) is 30.3 Å². The first-order valence-corrected chi connectivity index (χ1v) is 7.26. The summed E-state index contributed by atoms with van der Waals surface area (Å²) in [6.07, 6.45) is 1.47. The van der Waals surface area contributed by atoms with E-state index in [0.29, 0.717) is 11.5 Å². The van der Waals surface area contributed by atoms with E-state index in [0.717, 1.165) is 0 Å². The number of carbonyl (C=O) groups is 1. The molecule has 0 amide bonds. The molecule has 0 heterocycles. The quantitative estimate of drug-likeness (QED) is 0.362. The summed E-state index contributed by atoms with van der Waals surface area (Å²) < 4.78 is 5.24. The third-order valence-electron chi connectivity index (χ3n) is 2.47. The summed E-state index contributed by atoms with van der Waals surface area (Å²) in [5, 5.41) is 0. The van der Waals surface area contributed by atoms with Crippen molar-refractivity contribution in [3.63, 3.8) is 0 Å². The lowest BCUT2D eigenvalue weighted by atomic mass is 10.1. The van der Waals surface area contributed by atoms with Crippen molar-refractivity contribution in [2.75, 3.05) is 5.75 Å². The van der Waals surface area contributed by atoms with Gasteiger partial charge >= 0.3 is 5.97 Å². The third kappa shape index (κ3) is 5.19. The van der Waals surface area contributed by atoms with Gasteiger partial charge in [0.25, 0.3) is 0 Å². The molecule has 108 valence electrons. The zero-order valence-electron chi connectivity index (χ0n) is 12.2. The topological polar surface area (TPSA) is 55.7 Å². The van der Waals surface area contributed by atoms with Crippen LogP contribution < -0.4 is 4.74 Å². The lowest BCUT2D eigenvalue weighted by Gasteiger charge is -2.25. The minimum absolute atomic E-state index is 0.0350. The molecule has 0 radical (unpaired) electrons. The van der Waals surface area contributed by atoms with Crippen LogP contribution in [0.1, 0.15) is 27.7 Å². The summed E-state index contributed by atoms with van der Waals surface area (Å²) >= 11 is 1.55. The average molecular weight is 293 g/mol. The maximum absolute atomic E-state index is 12.2. The van der Waals surface area contributed by atoms with Crippen molar-refractivity contribution in [3.8, 4) is 5.75 Å². The van der Waals surface area contributed by atoms with Crippen LogP contribution in [-0.2, 0) is 9.59 Å². The zero-order valence-corrected chi connectivity index (χ0v) is 13.0. The van der Waals surface area contributed by atoms with Gasteiger partial charge in [0.05, 0.1) is 0 Å². The van der Waals surface area contributed by atoms with Crippen molar-refractivity contribution in [1.29, 1.82) is 0 Å². The number of benzene rings is 1. The van der Waals surface area contributed by atoms with Crippen molar-refractivity contribution in [2.24, 2.45) is 4.99 Å². The predicted octanol–water partition coefficient (Wildman–Crippen LogP) is 3.22. The molecule has 0 fully saturated rings. The molecule has 20 heavy (non-hydrogen) atoms. The molecular formula is C15H19NO3S. The molecule has 0 saturated heterocycles. The molecule has 0 N–H and O–H groups in total. The zero-order chi connectivity index (χ0) is 15.2. The highest BCUT2D eigenvalue weighted by Gasteiger charge is 2.36. The maximum Gasteiger partial charge on any atom is 0.340 e. The highest BCUT2D eigenvalue weighted by atomic mass is 32.2. The molecule has 0 bridgehead atoms. The minimum Gasteiger partial charge on any atom is -0.425 e. The number of para-hydroxylation sites is 1. The van der Waals surface area contributed by atoms with Crippen LogP contribution >= 0.6 is 11.8 Å². The normalized spacial score (nSPS) is 14.0. The van der Waals surface area contributed by atoms with E-state index < -0.39 is 11.5 Å². The number of aliphatic imine (C=N–C) groups is 1. The van der Waals surface area contributed by atoms with Crippen molar-refractivity contribution in [1.82, 2.24) is 0 Å². The molecule has 1 atom stereocenters. The highest BCUT2D eigenvalue weighted by molar-refractivity contribution is 8.00. The van der Waals surface area contributed by atoms with Gasteiger partial charge in [-0.25, -0.2) is 9.59 Å². The largest absolute Gasteiger partial charge is 0.425 e. The Morgan fingerprint density at radius 1 is 1.25 bits per heavy atom. The number of hydrogen-bond donors (Lipinski definition) is 0. The van der Waals surface area contributed by atoms with E-state index in [9.17, 15) is 9.59 Å². The van der Waals surface area contributed by atoms with Crippen molar-refractivity contribution < 1.29 is 14.3 Å². The summed E-state index contributed by atoms with van der Waals surface area (Å²) in [5.74, 6) is 0.242. The second kappa shape index (κ2) is 6.73. The number of nitrogens with zero attached hydrogens (tertiary/aromatic N) is 1. The van der Waals surface area contributed by atoms with Crippen LogP contribution in [0.3, 0.4) is 0 Å². The monoisotopic (exact) mass is 293 g/mol. The summed E-state index contributed by atoms with van der Waals surface area (Å²) in [6.45, 7) is 7.68. The molecule has 0 spiro atoms. The van der Waals surface area contributed by atoms with Crippen molar-refractivity contribution in [2.45, 2.75) is 38.0 Å². The number of rotatable bonds is 5. The fourth-order valence-electron chi connectivity index (χ4n) is 1.30. The fraction of sp³-hybridized carbons (Fsp3) is 0.467. The van der Waals surface area contributed by atoms with E-state index in [-0.39, 0.29) is 4.75 Å². The Bertz CT molecular complexity index is 504. The van der Waals surface area contributed by atoms with Gasteiger partial charge in [0.15, 0.2) is 5.54 Å². The lowest BCUT2D eigenvalue weighted by Crippen LogP contribution is -2.40. The molecular weight excluding hydrogens is 274 g/mol. The van der Waals surface area contributed by atoms with Crippen LogP contribution in [0.15, 0.2) is 35.3 Å². The first kappa shape index (κ1) is 16.5. The molecule has 1 unspecified atom stereocenters. The van der Waals surface area contributed by atoms with E-state index in [2.05, 4.69) is 4.99 Å². The molecule has 1 aromatic carbocycles. The lowest BCUT2D eigenvalue weighted by molar-refractivity contribution is -0.138. The molecule has 0 aliphatic rings. The van der Waals surface area contributed by atoms with E-state index in [1.807, 2.05) is 26.8 Å². The van der Waals surface area contributed by atoms with Gasteiger partial charge in [0, 0.05) is 10.5 Å². The maximum atomic E-state index is 12.2. The first-order chi connectivity index (χ1) is 9.27. The Balaban J connectivity index is 2.84. The Labute approximate surface area is 123 Å². The van der Waals surface area contributed by atoms with Gasteiger partial charge in [-0.05, 0) is 19.1 Å². The number of carbonyl (C=O) groups excluding carboxylic acids is 2. The molecule has 0 aromatic heterocycles. The summed E-state index contributed by atoms with van der Waals surface area (Å²) in [4.78, 5) is 26.5. The van der Waals surface area contributed by atoms with E-state index in [1.165, 1.54) is 6.08 Å². The molecule has 0 aliphatic heterocycles. The average Bonchev–Trinajstić information content (AvgIpc) is 2.37. The van der Waals surface area contributed by atoms with Gasteiger partial charge in [-0.3, -0.25) is 0 Å². The van der Waals surface area contributed by atoms with Gasteiger partial charge < -0.3 is 4.74 Å². The van der Waals surface area contributed by atoms with Crippen LogP contribution in [0.25, 0.3) is 0 Å². The molecule has 1 rings (SSSR count). The van der Waals surface area contributed by atoms with E-state index in [4.69, 9.17) is 4.74 Å². The number of hydrogen-bond acceptors (Lipinski definition) is 5. The van der Waals surface area contributed by atoms with Gasteiger partial charge in [-0.2, -0.15) is 16.8 Å². The number of thioether (sulfide) groups is 1. The Hall–Kier alpha value is -1.58. The highest BCUT2D eigenvalue weighted by Crippen LogP contribution is 2.29. The van der Waals surface area contributed by atoms with Crippen LogP contribution in [-0.4, -0.2) is 28.1 Å². The second-order valence-electron chi connectivity index (χ2n) is 5.58. The molecule has 0 saturated carbocycles. The smallest absolute Gasteiger partial charge is 0.340 e. The minimum atomic E-state index is -1.23. The first-order valence-electron chi connectivity index (χ1n) is 6.27. The predicted molar refractivity (Wildman–Crippen MR) is 80.8 cm³/mol. The summed E-state index contributed by atoms with van der Waals surface area (Å²) in [7, 11) is 0. The molecule has 1 aromatic rings. The Kier molecular flexibility index (Phi) is 5.54. The Morgan fingerprint density at radius 3 is 2.35 bits per heavy atom. The Morgan fingerprint density at radius 2 is 1.85 bits per heavy atom. The summed E-state index contributed by atoms with van der Waals surface area (Å²) in [6, 6.07) is 8.73. The van der Waals surface area contributed by atoms with Crippen LogP contribution in [0.5, 0.6) is 5.75 Å². The molecule has 5 heteroatoms. The van der Waals surface area contributed by atoms with E-state index in [1.54, 1.807) is 43.0 Å². The molecule has 4 nitrogen and oxygen atoms in total. The van der Waals surface area contributed by atoms with Gasteiger partial charge in [-0.1, -0.05) is 39.0 Å². The van der Waals surface area contributed by atoms with Crippen LogP contribution in [0, 0.1) is 0 Å². The fourth-order valence-corrected chi connectivity index (χ4v) is 2.20. The van der Waals surface area contributed by atoms with Crippen LogP contribution in [0.4, 0.5) is 0 Å². The van der Waals surface area contributed by atoms with Crippen LogP contribution in [0.2, 0.25) is 0 Å². The van der Waals surface area contributed by atoms with Gasteiger partial charge in [0.1, 0.15) is 5.75 Å². The van der Waals surface area contributed by atoms with Crippen molar-refractivity contribution >= 4 is 23.8 Å². The number of isocyanates is 1. The number of ether oxygens (including phenoxy) is 1. The van der Waals surface area contributed by atoms with Gasteiger partial charge in [0.2, 0.25) is 6.08 Å². The second-order valence-corrected chi connectivity index (χ2v) is 7.38. The third-order valence-corrected chi connectivity index (χ3v) is 4.04. The summed E-state index contributed by atoms with van der Waals surface area (Å²) in [5.41, 5.74) is -1.23. The van der Waals surface area contributed by atoms with Gasteiger partial charge in [-0.15, -0.1) is 0 Å². The molecule has 0 aliphatic carbocycles. The standard InChI is InChI=1S/C15H19NO3S/c1-14(2,3)20-10-15(4,16-11-17)13(18)19-12-8-6-5-7-9-12/h5-9H,10H2,1-4H3. The van der Waals surface area contributed by atoms with E-state index >= 15 is 0 Å². The number of esters is 1. The SMILES string of the molecule is CC(C)(C)SCC(C)(N=C=O)C(=O)Oc1ccccc1.